The van der Waals surface area contributed by atoms with Crippen molar-refractivity contribution in [1.82, 2.24) is 10.2 Å². The largest absolute Gasteiger partial charge is 0.497 e. The molecule has 158 valence electrons. The molecule has 4 rings (SSSR count). The maximum Gasteiger partial charge on any atom is 0.338 e. The molecule has 0 radical (unpaired) electrons. The standard InChI is InChI=1S/C22H18N2O7/c1-29-16-5-6-17-15(8-20(26)31-18(17)9-16)12-30-21(27)14-4-2-3-13(7-14)11-24-19(25)10-23-22(24)28/h2-9H,10-12H2,1H3,(H,23,28). The van der Waals surface area contributed by atoms with Gasteiger partial charge in [0.2, 0.25) is 5.91 Å². The average molecular weight is 422 g/mol. The molecule has 0 unspecified atom stereocenters. The summed E-state index contributed by atoms with van der Waals surface area (Å²) in [5, 5.41) is 3.07. The van der Waals surface area contributed by atoms with Crippen LogP contribution in [0.4, 0.5) is 4.79 Å². The Labute approximate surface area is 176 Å². The Balaban J connectivity index is 1.50. The Morgan fingerprint density at radius 1 is 1.13 bits per heavy atom. The SMILES string of the molecule is COc1ccc2c(COC(=O)c3cccc(CN4C(=O)CNC4=O)c3)cc(=O)oc2c1. The normalized spacial score (nSPS) is 13.4. The second-order valence-electron chi connectivity index (χ2n) is 6.87. The third-order valence-electron chi connectivity index (χ3n) is 4.84. The van der Waals surface area contributed by atoms with Crippen LogP contribution < -0.4 is 15.7 Å². The second kappa shape index (κ2) is 8.31. The summed E-state index contributed by atoms with van der Waals surface area (Å²) in [6.45, 7) is -0.117. The maximum atomic E-state index is 12.6. The minimum absolute atomic E-state index is 0.0362. The Morgan fingerprint density at radius 3 is 2.71 bits per heavy atom. The third kappa shape index (κ3) is 4.25. The molecule has 0 saturated carbocycles. The number of hydrogen-bond acceptors (Lipinski definition) is 7. The van der Waals surface area contributed by atoms with Crippen LogP contribution in [0.3, 0.4) is 0 Å². The van der Waals surface area contributed by atoms with Crippen LogP contribution >= 0.6 is 0 Å². The summed E-state index contributed by atoms with van der Waals surface area (Å²) in [4.78, 5) is 49.0. The molecule has 1 saturated heterocycles. The molecule has 3 amide bonds. The second-order valence-corrected chi connectivity index (χ2v) is 6.87. The highest BCUT2D eigenvalue weighted by molar-refractivity contribution is 6.01. The number of hydrogen-bond donors (Lipinski definition) is 1. The lowest BCUT2D eigenvalue weighted by Gasteiger charge is -2.13. The van der Waals surface area contributed by atoms with Crippen molar-refractivity contribution in [3.8, 4) is 5.75 Å². The molecular weight excluding hydrogens is 404 g/mol. The van der Waals surface area contributed by atoms with E-state index in [9.17, 15) is 19.2 Å². The molecule has 0 bridgehead atoms. The molecule has 9 heteroatoms. The van der Waals surface area contributed by atoms with Gasteiger partial charge in [-0.15, -0.1) is 0 Å². The number of carbonyl (C=O) groups is 3. The first-order valence-corrected chi connectivity index (χ1v) is 9.39. The first kappa shape index (κ1) is 20.1. The van der Waals surface area contributed by atoms with Crippen LogP contribution in [0.5, 0.6) is 5.75 Å². The van der Waals surface area contributed by atoms with Crippen molar-refractivity contribution in [1.29, 1.82) is 0 Å². The van der Waals surface area contributed by atoms with E-state index in [4.69, 9.17) is 13.9 Å². The van der Waals surface area contributed by atoms with Crippen LogP contribution in [0.25, 0.3) is 11.0 Å². The number of fused-ring (bicyclic) bond motifs is 1. The van der Waals surface area contributed by atoms with Crippen molar-refractivity contribution in [2.45, 2.75) is 13.2 Å². The Kier molecular flexibility index (Phi) is 5.40. The van der Waals surface area contributed by atoms with Crippen molar-refractivity contribution in [3.63, 3.8) is 0 Å². The number of nitrogens with zero attached hydrogens (tertiary/aromatic N) is 1. The minimum atomic E-state index is -0.603. The topological polar surface area (TPSA) is 115 Å². The highest BCUT2D eigenvalue weighted by Gasteiger charge is 2.28. The van der Waals surface area contributed by atoms with E-state index in [1.165, 1.54) is 13.2 Å². The molecule has 2 aromatic carbocycles. The van der Waals surface area contributed by atoms with Crippen molar-refractivity contribution >= 4 is 28.9 Å². The van der Waals surface area contributed by atoms with Crippen molar-refractivity contribution < 1.29 is 28.3 Å². The molecule has 0 aliphatic carbocycles. The van der Waals surface area contributed by atoms with Crippen LogP contribution in [0.2, 0.25) is 0 Å². The van der Waals surface area contributed by atoms with E-state index in [1.54, 1.807) is 42.5 Å². The van der Waals surface area contributed by atoms with Gasteiger partial charge in [-0.05, 0) is 29.8 Å². The van der Waals surface area contributed by atoms with Crippen molar-refractivity contribution in [2.75, 3.05) is 13.7 Å². The fourth-order valence-electron chi connectivity index (χ4n) is 3.28. The summed E-state index contributed by atoms with van der Waals surface area (Å²) in [6.07, 6.45) is 0. The van der Waals surface area contributed by atoms with Crippen LogP contribution in [0.1, 0.15) is 21.5 Å². The number of amides is 3. The van der Waals surface area contributed by atoms with Crippen LogP contribution in [-0.2, 0) is 22.7 Å². The molecular formula is C22H18N2O7. The van der Waals surface area contributed by atoms with Crippen LogP contribution in [0, 0.1) is 0 Å². The van der Waals surface area contributed by atoms with Gasteiger partial charge in [-0.3, -0.25) is 9.69 Å². The number of esters is 1. The molecule has 9 nitrogen and oxygen atoms in total. The lowest BCUT2D eigenvalue weighted by atomic mass is 10.1. The number of imide groups is 1. The monoisotopic (exact) mass is 422 g/mol. The predicted molar refractivity (Wildman–Crippen MR) is 109 cm³/mol. The van der Waals surface area contributed by atoms with Gasteiger partial charge in [-0.25, -0.2) is 14.4 Å². The van der Waals surface area contributed by atoms with E-state index < -0.39 is 17.6 Å². The number of ether oxygens (including phenoxy) is 2. The molecule has 1 aromatic heterocycles. The predicted octanol–water partition coefficient (Wildman–Crippen LogP) is 2.21. The lowest BCUT2D eigenvalue weighted by molar-refractivity contribution is -0.125. The lowest BCUT2D eigenvalue weighted by Crippen LogP contribution is -2.30. The molecule has 31 heavy (non-hydrogen) atoms. The maximum absolute atomic E-state index is 12.6. The molecule has 2 heterocycles. The number of nitrogens with one attached hydrogen (secondary N) is 1. The van der Waals surface area contributed by atoms with Gasteiger partial charge in [0.1, 0.15) is 17.9 Å². The molecule has 3 aromatic rings. The highest BCUT2D eigenvalue weighted by Crippen LogP contribution is 2.23. The number of carbonyl (C=O) groups excluding carboxylic acids is 3. The highest BCUT2D eigenvalue weighted by atomic mass is 16.5. The van der Waals surface area contributed by atoms with E-state index in [2.05, 4.69) is 5.32 Å². The molecule has 0 spiro atoms. The van der Waals surface area contributed by atoms with Crippen molar-refractivity contribution in [2.24, 2.45) is 0 Å². The molecule has 1 aliphatic heterocycles. The fraction of sp³-hybridized carbons (Fsp3) is 0.182. The summed E-state index contributed by atoms with van der Waals surface area (Å²) in [7, 11) is 1.51. The average Bonchev–Trinajstić information content (AvgIpc) is 3.08. The smallest absolute Gasteiger partial charge is 0.338 e. The quantitative estimate of drug-likeness (QED) is 0.368. The third-order valence-corrected chi connectivity index (χ3v) is 4.84. The van der Waals surface area contributed by atoms with E-state index in [-0.39, 0.29) is 31.2 Å². The summed E-state index contributed by atoms with van der Waals surface area (Å²) in [5.74, 6) is -0.398. The molecule has 1 aliphatic rings. The van der Waals surface area contributed by atoms with Gasteiger partial charge in [-0.1, -0.05) is 12.1 Å². The van der Waals surface area contributed by atoms with E-state index >= 15 is 0 Å². The van der Waals surface area contributed by atoms with Gasteiger partial charge < -0.3 is 19.2 Å². The summed E-state index contributed by atoms with van der Waals surface area (Å²) < 4.78 is 15.7. The van der Waals surface area contributed by atoms with Gasteiger partial charge >= 0.3 is 17.6 Å². The van der Waals surface area contributed by atoms with Crippen molar-refractivity contribution in [3.05, 3.63) is 75.6 Å². The molecule has 1 N–H and O–H groups in total. The van der Waals surface area contributed by atoms with E-state index in [0.29, 0.717) is 27.8 Å². The number of methoxy groups -OCH3 is 1. The fourth-order valence-corrected chi connectivity index (χ4v) is 3.28. The van der Waals surface area contributed by atoms with E-state index in [1.807, 2.05) is 0 Å². The Bertz CT molecular complexity index is 1230. The van der Waals surface area contributed by atoms with E-state index in [0.717, 1.165) is 4.90 Å². The van der Waals surface area contributed by atoms with Crippen LogP contribution in [0.15, 0.2) is 57.7 Å². The number of benzene rings is 2. The first-order chi connectivity index (χ1) is 14.9. The number of rotatable bonds is 6. The zero-order valence-electron chi connectivity index (χ0n) is 16.5. The summed E-state index contributed by atoms with van der Waals surface area (Å²) >= 11 is 0. The minimum Gasteiger partial charge on any atom is -0.497 e. The Morgan fingerprint density at radius 2 is 1.97 bits per heavy atom. The number of urea groups is 1. The summed E-state index contributed by atoms with van der Waals surface area (Å²) in [5.41, 5.74) is 1.13. The van der Waals surface area contributed by atoms with Gasteiger partial charge in [0.25, 0.3) is 0 Å². The van der Waals surface area contributed by atoms with Gasteiger partial charge in [-0.2, -0.15) is 0 Å². The van der Waals surface area contributed by atoms with Gasteiger partial charge in [0.15, 0.2) is 0 Å². The molecule has 0 atom stereocenters. The van der Waals surface area contributed by atoms with Gasteiger partial charge in [0, 0.05) is 23.1 Å². The Hall–Kier alpha value is -4.14. The summed E-state index contributed by atoms with van der Waals surface area (Å²) in [6, 6.07) is 12.3. The zero-order valence-corrected chi connectivity index (χ0v) is 16.5. The van der Waals surface area contributed by atoms with Crippen LogP contribution in [-0.4, -0.2) is 36.5 Å². The first-order valence-electron chi connectivity index (χ1n) is 9.39. The zero-order chi connectivity index (χ0) is 22.0. The molecule has 1 fully saturated rings. The van der Waals surface area contributed by atoms with Gasteiger partial charge in [0.05, 0.1) is 25.8 Å².